The fourth-order valence-electron chi connectivity index (χ4n) is 2.44. The smallest absolute Gasteiger partial charge is 0.267 e. The molecule has 0 radical (unpaired) electrons. The molecule has 0 fully saturated rings. The number of hydrogen-bond donors (Lipinski definition) is 2. The summed E-state index contributed by atoms with van der Waals surface area (Å²) < 4.78 is 0. The largest absolute Gasteiger partial charge is 0.508 e. The van der Waals surface area contributed by atoms with E-state index in [0.29, 0.717) is 5.52 Å². The van der Waals surface area contributed by atoms with Crippen molar-refractivity contribution >= 4 is 16.8 Å². The summed E-state index contributed by atoms with van der Waals surface area (Å²) in [6.45, 7) is 1.84. The van der Waals surface area contributed by atoms with Gasteiger partial charge in [0.1, 0.15) is 11.4 Å². The molecule has 4 nitrogen and oxygen atoms in total. The number of fused-ring (bicyclic) bond motifs is 1. The summed E-state index contributed by atoms with van der Waals surface area (Å²) >= 11 is 0. The normalized spacial score (nSPS) is 10.7. The van der Waals surface area contributed by atoms with Gasteiger partial charge in [0.15, 0.2) is 0 Å². The third kappa shape index (κ3) is 2.21. The Bertz CT molecular complexity index is 857. The van der Waals surface area contributed by atoms with Crippen molar-refractivity contribution in [2.24, 2.45) is 5.73 Å². The van der Waals surface area contributed by atoms with Crippen LogP contribution in [0, 0.1) is 6.92 Å². The average Bonchev–Trinajstić information content (AvgIpc) is 2.49. The Hall–Kier alpha value is -2.88. The summed E-state index contributed by atoms with van der Waals surface area (Å²) in [4.78, 5) is 15.8. The van der Waals surface area contributed by atoms with Gasteiger partial charge in [0.25, 0.3) is 5.91 Å². The second-order valence-electron chi connectivity index (χ2n) is 4.89. The number of carbonyl (C=O) groups is 1. The van der Waals surface area contributed by atoms with Crippen LogP contribution in [0.15, 0.2) is 48.5 Å². The van der Waals surface area contributed by atoms with Crippen LogP contribution in [0.25, 0.3) is 22.0 Å². The van der Waals surface area contributed by atoms with Crippen LogP contribution in [0.2, 0.25) is 0 Å². The number of hydrogen-bond acceptors (Lipinski definition) is 3. The summed E-state index contributed by atoms with van der Waals surface area (Å²) in [5, 5.41) is 10.8. The van der Waals surface area contributed by atoms with Gasteiger partial charge in [-0.25, -0.2) is 4.98 Å². The number of pyridine rings is 1. The average molecular weight is 278 g/mol. The lowest BCUT2D eigenvalue weighted by Crippen LogP contribution is -2.13. The molecule has 21 heavy (non-hydrogen) atoms. The van der Waals surface area contributed by atoms with Gasteiger partial charge in [-0.05, 0) is 41.8 Å². The molecule has 0 aliphatic heterocycles. The van der Waals surface area contributed by atoms with Crippen LogP contribution in [-0.2, 0) is 0 Å². The van der Waals surface area contributed by atoms with E-state index in [4.69, 9.17) is 5.73 Å². The van der Waals surface area contributed by atoms with Gasteiger partial charge >= 0.3 is 0 Å². The lowest BCUT2D eigenvalue weighted by atomic mass is 9.96. The van der Waals surface area contributed by atoms with E-state index in [9.17, 15) is 9.90 Å². The number of phenolic OH excluding ortho intramolecular Hbond substituents is 1. The number of amides is 1. The first-order valence-corrected chi connectivity index (χ1v) is 6.56. The van der Waals surface area contributed by atoms with Crippen molar-refractivity contribution in [3.05, 3.63) is 59.8 Å². The molecule has 0 bridgehead atoms. The third-order valence-corrected chi connectivity index (χ3v) is 3.56. The highest BCUT2D eigenvalue weighted by Crippen LogP contribution is 2.34. The van der Waals surface area contributed by atoms with Crippen LogP contribution in [0.4, 0.5) is 0 Å². The van der Waals surface area contributed by atoms with Crippen LogP contribution < -0.4 is 5.73 Å². The number of primary amides is 1. The predicted molar refractivity (Wildman–Crippen MR) is 82.1 cm³/mol. The first-order chi connectivity index (χ1) is 10.1. The lowest BCUT2D eigenvalue weighted by Gasteiger charge is -2.12. The molecular weight excluding hydrogens is 264 g/mol. The van der Waals surface area contributed by atoms with Gasteiger partial charge in [-0.3, -0.25) is 4.79 Å². The van der Waals surface area contributed by atoms with Gasteiger partial charge in [-0.15, -0.1) is 0 Å². The van der Waals surface area contributed by atoms with E-state index in [0.717, 1.165) is 22.1 Å². The molecule has 1 amide bonds. The molecule has 104 valence electrons. The Morgan fingerprint density at radius 2 is 1.86 bits per heavy atom. The van der Waals surface area contributed by atoms with Crippen LogP contribution in [0.1, 0.15) is 16.1 Å². The van der Waals surface area contributed by atoms with Crippen molar-refractivity contribution in [1.29, 1.82) is 0 Å². The molecule has 0 unspecified atom stereocenters. The molecule has 0 saturated heterocycles. The van der Waals surface area contributed by atoms with Gasteiger partial charge < -0.3 is 10.8 Å². The summed E-state index contributed by atoms with van der Waals surface area (Å²) in [5.41, 5.74) is 8.73. The second-order valence-corrected chi connectivity index (χ2v) is 4.89. The Balaban J connectivity index is 2.40. The first-order valence-electron chi connectivity index (χ1n) is 6.56. The standard InChI is InChI=1S/C17H14N2O2/c1-10-11(6-4-8-16(10)20)13-9-15(17(18)21)19-14-7-3-2-5-12(13)14/h2-9,20H,1H3,(H2,18,21). The minimum Gasteiger partial charge on any atom is -0.508 e. The summed E-state index contributed by atoms with van der Waals surface area (Å²) in [6, 6.07) is 14.5. The van der Waals surface area contributed by atoms with E-state index in [2.05, 4.69) is 4.98 Å². The second kappa shape index (κ2) is 4.90. The number of rotatable bonds is 2. The Labute approximate surface area is 121 Å². The zero-order valence-electron chi connectivity index (χ0n) is 11.5. The molecule has 0 aliphatic carbocycles. The molecule has 2 aromatic carbocycles. The Morgan fingerprint density at radius 3 is 2.62 bits per heavy atom. The first kappa shape index (κ1) is 13.1. The fraction of sp³-hybridized carbons (Fsp3) is 0.0588. The number of carbonyl (C=O) groups excluding carboxylic acids is 1. The van der Waals surface area contributed by atoms with Crippen LogP contribution in [0.5, 0.6) is 5.75 Å². The minimum absolute atomic E-state index is 0.214. The van der Waals surface area contributed by atoms with Crippen molar-refractivity contribution in [3.63, 3.8) is 0 Å². The van der Waals surface area contributed by atoms with E-state index in [1.54, 1.807) is 18.2 Å². The maximum Gasteiger partial charge on any atom is 0.267 e. The number of nitrogens with zero attached hydrogens (tertiary/aromatic N) is 1. The zero-order chi connectivity index (χ0) is 15.0. The molecule has 0 atom stereocenters. The van der Waals surface area contributed by atoms with E-state index < -0.39 is 5.91 Å². The van der Waals surface area contributed by atoms with E-state index in [-0.39, 0.29) is 11.4 Å². The van der Waals surface area contributed by atoms with Gasteiger partial charge in [0.2, 0.25) is 0 Å². The molecule has 0 spiro atoms. The molecule has 0 saturated carbocycles. The van der Waals surface area contributed by atoms with Crippen molar-refractivity contribution < 1.29 is 9.90 Å². The summed E-state index contributed by atoms with van der Waals surface area (Å²) in [7, 11) is 0. The predicted octanol–water partition coefficient (Wildman–Crippen LogP) is 3.01. The number of aromatic hydroxyl groups is 1. The SMILES string of the molecule is Cc1c(O)cccc1-c1cc(C(N)=O)nc2ccccc12. The quantitative estimate of drug-likeness (QED) is 0.756. The van der Waals surface area contributed by atoms with Crippen molar-refractivity contribution in [3.8, 4) is 16.9 Å². The molecule has 3 rings (SSSR count). The molecular formula is C17H14N2O2. The van der Waals surface area contributed by atoms with E-state index in [1.807, 2.05) is 37.3 Å². The Kier molecular flexibility index (Phi) is 3.06. The van der Waals surface area contributed by atoms with Crippen molar-refractivity contribution in [2.45, 2.75) is 6.92 Å². The summed E-state index contributed by atoms with van der Waals surface area (Å²) in [6.07, 6.45) is 0. The molecule has 0 aliphatic rings. The highest BCUT2D eigenvalue weighted by Gasteiger charge is 2.13. The van der Waals surface area contributed by atoms with Crippen molar-refractivity contribution in [2.75, 3.05) is 0 Å². The number of phenols is 1. The molecule has 1 heterocycles. The minimum atomic E-state index is -0.570. The van der Waals surface area contributed by atoms with Gasteiger partial charge in [0.05, 0.1) is 5.52 Å². The highest BCUT2D eigenvalue weighted by molar-refractivity contribution is 6.01. The monoisotopic (exact) mass is 278 g/mol. The van der Waals surface area contributed by atoms with Crippen LogP contribution in [0.3, 0.4) is 0 Å². The van der Waals surface area contributed by atoms with Crippen molar-refractivity contribution in [1.82, 2.24) is 4.98 Å². The van der Waals surface area contributed by atoms with Crippen LogP contribution >= 0.6 is 0 Å². The highest BCUT2D eigenvalue weighted by atomic mass is 16.3. The number of para-hydroxylation sites is 1. The van der Waals surface area contributed by atoms with Gasteiger partial charge in [-0.1, -0.05) is 30.3 Å². The molecule has 3 N–H and O–H groups in total. The fourth-order valence-corrected chi connectivity index (χ4v) is 2.44. The molecule has 3 aromatic rings. The third-order valence-electron chi connectivity index (χ3n) is 3.56. The zero-order valence-corrected chi connectivity index (χ0v) is 11.5. The van der Waals surface area contributed by atoms with Gasteiger partial charge in [0, 0.05) is 5.39 Å². The molecule has 1 aromatic heterocycles. The number of benzene rings is 2. The Morgan fingerprint density at radius 1 is 1.10 bits per heavy atom. The summed E-state index contributed by atoms with van der Waals surface area (Å²) in [5.74, 6) is -0.353. The lowest BCUT2D eigenvalue weighted by molar-refractivity contribution is 0.0996. The van der Waals surface area contributed by atoms with E-state index >= 15 is 0 Å². The maximum atomic E-state index is 11.5. The van der Waals surface area contributed by atoms with Gasteiger partial charge in [-0.2, -0.15) is 0 Å². The number of aromatic nitrogens is 1. The molecule has 4 heteroatoms. The van der Waals surface area contributed by atoms with Crippen LogP contribution in [-0.4, -0.2) is 16.0 Å². The number of nitrogens with two attached hydrogens (primary N) is 1. The maximum absolute atomic E-state index is 11.5. The topological polar surface area (TPSA) is 76.2 Å². The van der Waals surface area contributed by atoms with E-state index in [1.165, 1.54) is 0 Å².